The molecule has 33 heavy (non-hydrogen) atoms. The van der Waals surface area contributed by atoms with Gasteiger partial charge in [-0.05, 0) is 48.4 Å². The van der Waals surface area contributed by atoms with Crippen LogP contribution >= 0.6 is 0 Å². The van der Waals surface area contributed by atoms with Gasteiger partial charge in [-0.15, -0.1) is 0 Å². The van der Waals surface area contributed by atoms with Crippen LogP contribution in [0.3, 0.4) is 0 Å². The van der Waals surface area contributed by atoms with Crippen molar-refractivity contribution < 1.29 is 9.59 Å². The number of carbonyl (C=O) groups excluding carboxylic acids is 2. The Hall–Kier alpha value is -3.78. The number of nitrogens with zero attached hydrogens (tertiary/aromatic N) is 3. The van der Waals surface area contributed by atoms with Crippen LogP contribution in [-0.2, 0) is 11.3 Å². The van der Waals surface area contributed by atoms with E-state index in [9.17, 15) is 9.59 Å². The summed E-state index contributed by atoms with van der Waals surface area (Å²) in [6.45, 7) is 5.38. The maximum atomic E-state index is 12.5. The number of hydrogen-bond acceptors (Lipinski definition) is 6. The topological polar surface area (TPSA) is 113 Å². The molecule has 1 aromatic carbocycles. The lowest BCUT2D eigenvalue weighted by Crippen LogP contribution is -2.25. The Balaban J connectivity index is 1.62. The third-order valence-electron chi connectivity index (χ3n) is 5.28. The highest BCUT2D eigenvalue weighted by atomic mass is 16.2. The van der Waals surface area contributed by atoms with Gasteiger partial charge < -0.3 is 21.3 Å². The Labute approximate surface area is 194 Å². The van der Waals surface area contributed by atoms with E-state index in [2.05, 4.69) is 20.6 Å². The minimum absolute atomic E-state index is 0.0642. The van der Waals surface area contributed by atoms with Gasteiger partial charge in [0.2, 0.25) is 5.91 Å². The number of hydrogen-bond donors (Lipinski definition) is 3. The highest BCUT2D eigenvalue weighted by Gasteiger charge is 2.13. The molecule has 0 aliphatic rings. The molecule has 2 amide bonds. The molecule has 0 radical (unpaired) electrons. The molecule has 8 nitrogen and oxygen atoms in total. The Morgan fingerprint density at radius 2 is 1.88 bits per heavy atom. The maximum Gasteiger partial charge on any atom is 0.253 e. The van der Waals surface area contributed by atoms with E-state index in [1.165, 1.54) is 0 Å². The number of benzene rings is 1. The van der Waals surface area contributed by atoms with Crippen LogP contribution in [0.1, 0.15) is 34.8 Å². The summed E-state index contributed by atoms with van der Waals surface area (Å²) in [6, 6.07) is 13.2. The van der Waals surface area contributed by atoms with Crippen molar-refractivity contribution in [2.75, 3.05) is 30.4 Å². The Morgan fingerprint density at radius 3 is 2.48 bits per heavy atom. The average molecular weight is 447 g/mol. The molecule has 0 saturated carbocycles. The van der Waals surface area contributed by atoms with Crippen molar-refractivity contribution in [3.8, 4) is 11.3 Å². The van der Waals surface area contributed by atoms with Gasteiger partial charge in [-0.3, -0.25) is 14.6 Å². The van der Waals surface area contributed by atoms with Crippen LogP contribution in [0.5, 0.6) is 0 Å². The Morgan fingerprint density at radius 1 is 1.06 bits per heavy atom. The maximum absolute atomic E-state index is 12.5. The second kappa shape index (κ2) is 11.2. The van der Waals surface area contributed by atoms with Crippen LogP contribution < -0.4 is 21.3 Å². The SMILES string of the molecule is CCC(=O)N(C)c1ccc(-c2ccc(C(=O)NCc3ccc(NCCN)nc3)cn2)cc1C. The molecule has 2 aromatic heterocycles. The van der Waals surface area contributed by atoms with Crippen LogP contribution in [0.15, 0.2) is 54.9 Å². The van der Waals surface area contributed by atoms with E-state index in [-0.39, 0.29) is 11.8 Å². The van der Waals surface area contributed by atoms with Crippen LogP contribution in [0, 0.1) is 6.92 Å². The second-order valence-corrected chi connectivity index (χ2v) is 7.69. The van der Waals surface area contributed by atoms with Crippen molar-refractivity contribution in [2.45, 2.75) is 26.8 Å². The standard InChI is InChI=1S/C25H30N6O2/c1-4-24(32)31(3)22-9-7-19(13-17(22)2)21-8-6-20(16-28-21)25(33)30-15-18-5-10-23(29-14-18)27-12-11-26/h5-10,13-14,16H,4,11-12,15,26H2,1-3H3,(H,27,29)(H,30,33). The second-order valence-electron chi connectivity index (χ2n) is 7.69. The number of aryl methyl sites for hydroxylation is 1. The lowest BCUT2D eigenvalue weighted by atomic mass is 10.0. The fraction of sp³-hybridized carbons (Fsp3) is 0.280. The summed E-state index contributed by atoms with van der Waals surface area (Å²) in [5.74, 6) is 0.613. The molecule has 0 aliphatic carbocycles. The van der Waals surface area contributed by atoms with Crippen molar-refractivity contribution in [1.29, 1.82) is 0 Å². The molecule has 3 aromatic rings. The molecule has 0 spiro atoms. The molecule has 2 heterocycles. The molecule has 0 bridgehead atoms. The Kier molecular flexibility index (Phi) is 8.10. The van der Waals surface area contributed by atoms with Crippen LogP contribution in [0.4, 0.5) is 11.5 Å². The first-order valence-electron chi connectivity index (χ1n) is 10.9. The number of nitrogens with one attached hydrogen (secondary N) is 2. The predicted octanol–water partition coefficient (Wildman–Crippen LogP) is 3.13. The molecule has 0 unspecified atom stereocenters. The van der Waals surface area contributed by atoms with Crippen molar-refractivity contribution in [3.05, 3.63) is 71.5 Å². The predicted molar refractivity (Wildman–Crippen MR) is 131 cm³/mol. The number of aromatic nitrogens is 2. The molecule has 172 valence electrons. The number of carbonyl (C=O) groups is 2. The lowest BCUT2D eigenvalue weighted by Gasteiger charge is -2.19. The van der Waals surface area contributed by atoms with E-state index in [0.717, 1.165) is 33.9 Å². The quantitative estimate of drug-likeness (QED) is 0.465. The molecule has 0 saturated heterocycles. The van der Waals surface area contributed by atoms with Crippen molar-refractivity contribution in [1.82, 2.24) is 15.3 Å². The largest absolute Gasteiger partial charge is 0.369 e. The van der Waals surface area contributed by atoms with Crippen LogP contribution in [0.25, 0.3) is 11.3 Å². The molecule has 0 atom stereocenters. The first kappa shape index (κ1) is 23.9. The fourth-order valence-electron chi connectivity index (χ4n) is 3.38. The first-order chi connectivity index (χ1) is 15.9. The molecule has 0 aliphatic heterocycles. The first-order valence-corrected chi connectivity index (χ1v) is 10.9. The van der Waals surface area contributed by atoms with E-state index in [0.29, 0.717) is 31.6 Å². The normalized spacial score (nSPS) is 10.5. The zero-order valence-electron chi connectivity index (χ0n) is 19.3. The molecular formula is C25H30N6O2. The fourth-order valence-corrected chi connectivity index (χ4v) is 3.38. The lowest BCUT2D eigenvalue weighted by molar-refractivity contribution is -0.118. The smallest absolute Gasteiger partial charge is 0.253 e. The van der Waals surface area contributed by atoms with Gasteiger partial charge in [-0.2, -0.15) is 0 Å². The summed E-state index contributed by atoms with van der Waals surface area (Å²) in [5, 5.41) is 5.99. The summed E-state index contributed by atoms with van der Waals surface area (Å²) in [6.07, 6.45) is 3.74. The Bertz CT molecular complexity index is 1100. The molecular weight excluding hydrogens is 416 g/mol. The average Bonchev–Trinajstić information content (AvgIpc) is 2.85. The van der Waals surface area contributed by atoms with Crippen molar-refractivity contribution in [2.24, 2.45) is 5.73 Å². The van der Waals surface area contributed by atoms with Gasteiger partial charge in [0, 0.05) is 56.7 Å². The van der Waals surface area contributed by atoms with E-state index < -0.39 is 0 Å². The van der Waals surface area contributed by atoms with Gasteiger partial charge >= 0.3 is 0 Å². The van der Waals surface area contributed by atoms with Gasteiger partial charge in [-0.1, -0.05) is 19.1 Å². The number of anilines is 2. The molecule has 3 rings (SSSR count). The summed E-state index contributed by atoms with van der Waals surface area (Å²) >= 11 is 0. The summed E-state index contributed by atoms with van der Waals surface area (Å²) < 4.78 is 0. The number of nitrogens with two attached hydrogens (primary N) is 1. The van der Waals surface area contributed by atoms with Gasteiger partial charge in [0.15, 0.2) is 0 Å². The van der Waals surface area contributed by atoms with Crippen LogP contribution in [-0.4, -0.2) is 41.9 Å². The zero-order chi connectivity index (χ0) is 23.8. The van der Waals surface area contributed by atoms with E-state index in [1.54, 1.807) is 30.4 Å². The van der Waals surface area contributed by atoms with Gasteiger partial charge in [0.05, 0.1) is 11.3 Å². The van der Waals surface area contributed by atoms with Crippen molar-refractivity contribution >= 4 is 23.3 Å². The number of rotatable bonds is 9. The van der Waals surface area contributed by atoms with E-state index in [4.69, 9.17) is 5.73 Å². The van der Waals surface area contributed by atoms with Gasteiger partial charge in [0.1, 0.15) is 5.82 Å². The molecule has 4 N–H and O–H groups in total. The highest BCUT2D eigenvalue weighted by Crippen LogP contribution is 2.26. The third kappa shape index (κ3) is 6.14. The molecule has 0 fully saturated rings. The van der Waals surface area contributed by atoms with Gasteiger partial charge in [0.25, 0.3) is 5.91 Å². The van der Waals surface area contributed by atoms with Crippen LogP contribution in [0.2, 0.25) is 0 Å². The third-order valence-corrected chi connectivity index (χ3v) is 5.28. The zero-order valence-corrected chi connectivity index (χ0v) is 19.3. The highest BCUT2D eigenvalue weighted by molar-refractivity contribution is 5.94. The van der Waals surface area contributed by atoms with E-state index in [1.807, 2.05) is 50.2 Å². The summed E-state index contributed by atoms with van der Waals surface area (Å²) in [4.78, 5) is 34.9. The molecule has 8 heteroatoms. The van der Waals surface area contributed by atoms with E-state index >= 15 is 0 Å². The number of amides is 2. The van der Waals surface area contributed by atoms with Gasteiger partial charge in [-0.25, -0.2) is 4.98 Å². The van der Waals surface area contributed by atoms with Crippen molar-refractivity contribution in [3.63, 3.8) is 0 Å². The summed E-state index contributed by atoms with van der Waals surface area (Å²) in [7, 11) is 1.78. The minimum atomic E-state index is -0.203. The number of pyridine rings is 2. The monoisotopic (exact) mass is 446 g/mol. The summed E-state index contributed by atoms with van der Waals surface area (Å²) in [5.41, 5.74) is 10.4. The minimum Gasteiger partial charge on any atom is -0.369 e.